The van der Waals surface area contributed by atoms with Gasteiger partial charge in [-0.3, -0.25) is 0 Å². The molecule has 1 aromatic carbocycles. The minimum Gasteiger partial charge on any atom is -0.332 e. The van der Waals surface area contributed by atoms with E-state index in [-0.39, 0.29) is 18.1 Å². The molecule has 3 nitrogen and oxygen atoms in total. The van der Waals surface area contributed by atoms with Gasteiger partial charge in [-0.1, -0.05) is 55.3 Å². The lowest BCUT2D eigenvalue weighted by atomic mass is 10.0. The van der Waals surface area contributed by atoms with Crippen molar-refractivity contribution in [3.05, 3.63) is 60.7 Å². The Labute approximate surface area is 128 Å². The Morgan fingerprint density at radius 3 is 2.24 bits per heavy atom. The molecule has 0 bridgehead atoms. The van der Waals surface area contributed by atoms with Crippen LogP contribution in [0.4, 0.5) is 4.79 Å². The highest BCUT2D eigenvalue weighted by Gasteiger charge is 2.12. The summed E-state index contributed by atoms with van der Waals surface area (Å²) in [6, 6.07) is 8.06. The van der Waals surface area contributed by atoms with Crippen LogP contribution in [-0.4, -0.2) is 18.1 Å². The maximum Gasteiger partial charge on any atom is 0.315 e. The molecule has 21 heavy (non-hydrogen) atoms. The summed E-state index contributed by atoms with van der Waals surface area (Å²) in [5.41, 5.74) is 2.41. The Kier molecular flexibility index (Phi) is 7.30. The Bertz CT molecular complexity index is 465. The van der Waals surface area contributed by atoms with E-state index in [1.807, 2.05) is 0 Å². The molecule has 0 radical (unpaired) electrons. The van der Waals surface area contributed by atoms with Crippen LogP contribution in [0.15, 0.2) is 49.6 Å². The smallest absolute Gasteiger partial charge is 0.315 e. The van der Waals surface area contributed by atoms with Crippen molar-refractivity contribution in [2.45, 2.75) is 45.2 Å². The number of hydrogen-bond acceptors (Lipinski definition) is 1. The standard InChI is InChI=1S/C18H26N2O/c1-5-8-16(6-2)19-18(21)20-17(7-3)13-15-11-9-14(4)10-12-15/h6-7,9-12,16-17H,2-3,5,8,13H2,1,4H3,(H2,19,20,21). The molecule has 0 heterocycles. The first-order chi connectivity index (χ1) is 10.1. The minimum atomic E-state index is -0.176. The quantitative estimate of drug-likeness (QED) is 0.702. The Balaban J connectivity index is 2.53. The van der Waals surface area contributed by atoms with E-state index in [4.69, 9.17) is 0 Å². The fraction of sp³-hybridized carbons (Fsp3) is 0.389. The molecule has 0 aliphatic carbocycles. The summed E-state index contributed by atoms with van der Waals surface area (Å²) in [6.07, 6.45) is 6.18. The van der Waals surface area contributed by atoms with E-state index >= 15 is 0 Å². The van der Waals surface area contributed by atoms with E-state index in [1.54, 1.807) is 12.2 Å². The van der Waals surface area contributed by atoms with Gasteiger partial charge in [0.05, 0.1) is 6.04 Å². The lowest BCUT2D eigenvalue weighted by molar-refractivity contribution is 0.236. The van der Waals surface area contributed by atoms with Gasteiger partial charge in [-0.25, -0.2) is 4.79 Å². The maximum absolute atomic E-state index is 12.0. The topological polar surface area (TPSA) is 41.1 Å². The molecule has 3 heteroatoms. The Morgan fingerprint density at radius 2 is 1.71 bits per heavy atom. The van der Waals surface area contributed by atoms with Crippen LogP contribution in [0.2, 0.25) is 0 Å². The van der Waals surface area contributed by atoms with Gasteiger partial charge < -0.3 is 10.6 Å². The predicted molar refractivity (Wildman–Crippen MR) is 89.4 cm³/mol. The molecule has 2 unspecified atom stereocenters. The van der Waals surface area contributed by atoms with Crippen molar-refractivity contribution >= 4 is 6.03 Å². The van der Waals surface area contributed by atoms with Crippen LogP contribution in [0, 0.1) is 6.92 Å². The number of amides is 2. The summed E-state index contributed by atoms with van der Waals surface area (Å²) >= 11 is 0. The second-order valence-electron chi connectivity index (χ2n) is 5.28. The highest BCUT2D eigenvalue weighted by molar-refractivity contribution is 5.75. The largest absolute Gasteiger partial charge is 0.332 e. The van der Waals surface area contributed by atoms with Gasteiger partial charge >= 0.3 is 6.03 Å². The van der Waals surface area contributed by atoms with Crippen molar-refractivity contribution in [2.24, 2.45) is 0 Å². The molecule has 1 aromatic rings. The average molecular weight is 286 g/mol. The highest BCUT2D eigenvalue weighted by atomic mass is 16.2. The van der Waals surface area contributed by atoms with Crippen LogP contribution in [0.3, 0.4) is 0 Å². The van der Waals surface area contributed by atoms with Crippen LogP contribution in [0.25, 0.3) is 0 Å². The lowest BCUT2D eigenvalue weighted by Crippen LogP contribution is -2.45. The van der Waals surface area contributed by atoms with Gasteiger partial charge in [0.25, 0.3) is 0 Å². The molecule has 0 aromatic heterocycles. The van der Waals surface area contributed by atoms with E-state index in [0.717, 1.165) is 19.3 Å². The average Bonchev–Trinajstić information content (AvgIpc) is 2.48. The van der Waals surface area contributed by atoms with E-state index in [0.29, 0.717) is 0 Å². The number of nitrogens with one attached hydrogen (secondary N) is 2. The Morgan fingerprint density at radius 1 is 1.14 bits per heavy atom. The molecule has 0 saturated heterocycles. The molecule has 0 aliphatic rings. The van der Waals surface area contributed by atoms with E-state index in [1.165, 1.54) is 11.1 Å². The van der Waals surface area contributed by atoms with Crippen LogP contribution in [-0.2, 0) is 6.42 Å². The highest BCUT2D eigenvalue weighted by Crippen LogP contribution is 2.07. The van der Waals surface area contributed by atoms with E-state index < -0.39 is 0 Å². The zero-order chi connectivity index (χ0) is 15.7. The van der Waals surface area contributed by atoms with Crippen molar-refractivity contribution in [1.82, 2.24) is 10.6 Å². The van der Waals surface area contributed by atoms with E-state index in [9.17, 15) is 4.79 Å². The molecular weight excluding hydrogens is 260 g/mol. The predicted octanol–water partition coefficient (Wildman–Crippen LogP) is 3.75. The summed E-state index contributed by atoms with van der Waals surface area (Å²) in [6.45, 7) is 11.7. The summed E-state index contributed by atoms with van der Waals surface area (Å²) in [5, 5.41) is 5.85. The lowest BCUT2D eigenvalue weighted by Gasteiger charge is -2.19. The number of urea groups is 1. The van der Waals surface area contributed by atoms with Crippen molar-refractivity contribution < 1.29 is 4.79 Å². The molecule has 114 valence electrons. The number of aryl methyl sites for hydroxylation is 1. The zero-order valence-corrected chi connectivity index (χ0v) is 13.1. The molecular formula is C18H26N2O. The third kappa shape index (κ3) is 6.30. The normalized spacial score (nSPS) is 13.0. The maximum atomic E-state index is 12.0. The van der Waals surface area contributed by atoms with Crippen LogP contribution < -0.4 is 10.6 Å². The molecule has 2 atom stereocenters. The third-order valence-electron chi connectivity index (χ3n) is 3.38. The number of rotatable bonds is 8. The van der Waals surface area contributed by atoms with Crippen LogP contribution >= 0.6 is 0 Å². The van der Waals surface area contributed by atoms with E-state index in [2.05, 4.69) is 61.9 Å². The first-order valence-corrected chi connectivity index (χ1v) is 7.46. The fourth-order valence-electron chi connectivity index (χ4n) is 2.11. The molecule has 2 amide bonds. The van der Waals surface area contributed by atoms with Crippen molar-refractivity contribution in [1.29, 1.82) is 0 Å². The number of hydrogen-bond donors (Lipinski definition) is 2. The monoisotopic (exact) mass is 286 g/mol. The zero-order valence-electron chi connectivity index (χ0n) is 13.1. The first-order valence-electron chi connectivity index (χ1n) is 7.46. The first kappa shape index (κ1) is 17.0. The van der Waals surface area contributed by atoms with Gasteiger partial charge in [0.2, 0.25) is 0 Å². The summed E-state index contributed by atoms with van der Waals surface area (Å²) in [7, 11) is 0. The van der Waals surface area contributed by atoms with Crippen molar-refractivity contribution in [2.75, 3.05) is 0 Å². The van der Waals surface area contributed by atoms with Gasteiger partial charge in [0, 0.05) is 6.04 Å². The SMILES string of the molecule is C=CC(CCC)NC(=O)NC(C=C)Cc1ccc(C)cc1. The molecule has 0 saturated carbocycles. The third-order valence-corrected chi connectivity index (χ3v) is 3.38. The van der Waals surface area contributed by atoms with Crippen LogP contribution in [0.5, 0.6) is 0 Å². The van der Waals surface area contributed by atoms with Gasteiger partial charge in [0.1, 0.15) is 0 Å². The summed E-state index contributed by atoms with van der Waals surface area (Å²) in [5.74, 6) is 0. The number of carbonyl (C=O) groups excluding carboxylic acids is 1. The second kappa shape index (κ2) is 9.01. The van der Waals surface area contributed by atoms with Gasteiger partial charge in [-0.05, 0) is 25.3 Å². The van der Waals surface area contributed by atoms with Crippen LogP contribution in [0.1, 0.15) is 30.9 Å². The van der Waals surface area contributed by atoms with Gasteiger partial charge in [-0.15, -0.1) is 13.2 Å². The molecule has 2 N–H and O–H groups in total. The summed E-state index contributed by atoms with van der Waals surface area (Å²) < 4.78 is 0. The molecule has 1 rings (SSSR count). The fourth-order valence-corrected chi connectivity index (χ4v) is 2.11. The number of benzene rings is 1. The summed E-state index contributed by atoms with van der Waals surface area (Å²) in [4.78, 5) is 12.0. The number of carbonyl (C=O) groups is 1. The second-order valence-corrected chi connectivity index (χ2v) is 5.28. The molecule has 0 spiro atoms. The van der Waals surface area contributed by atoms with Crippen molar-refractivity contribution in [3.63, 3.8) is 0 Å². The molecule has 0 aliphatic heterocycles. The Hall–Kier alpha value is -2.03. The molecule has 0 fully saturated rings. The van der Waals surface area contributed by atoms with Gasteiger partial charge in [0.15, 0.2) is 0 Å². The minimum absolute atomic E-state index is 0.0137. The van der Waals surface area contributed by atoms with Crippen molar-refractivity contribution in [3.8, 4) is 0 Å². The van der Waals surface area contributed by atoms with Gasteiger partial charge in [-0.2, -0.15) is 0 Å².